The van der Waals surface area contributed by atoms with Gasteiger partial charge in [-0.1, -0.05) is 284 Å². The van der Waals surface area contributed by atoms with Gasteiger partial charge in [0.1, 0.15) is 30.5 Å². The Balaban J connectivity index is 2.18. The van der Waals surface area contributed by atoms with Crippen LogP contribution in [0.2, 0.25) is 0 Å². The van der Waals surface area contributed by atoms with Crippen LogP contribution in [0.4, 0.5) is 0 Å². The summed E-state index contributed by atoms with van der Waals surface area (Å²) in [5.74, 6) is -0.250. The monoisotopic (exact) mass is 970 g/mol. The van der Waals surface area contributed by atoms with E-state index in [2.05, 4.69) is 19.2 Å². The minimum Gasteiger partial charge on any atom is -0.394 e. The molecule has 1 aliphatic heterocycles. The average molecular weight is 971 g/mol. The largest absolute Gasteiger partial charge is 0.394 e. The molecule has 0 aromatic carbocycles. The van der Waals surface area contributed by atoms with Gasteiger partial charge in [0.25, 0.3) is 0 Å². The summed E-state index contributed by atoms with van der Waals surface area (Å²) in [6.07, 6.45) is 47.0. The molecule has 68 heavy (non-hydrogen) atoms. The molecule has 1 fully saturated rings. The highest BCUT2D eigenvalue weighted by atomic mass is 16.7. The second-order valence-electron chi connectivity index (χ2n) is 21.3. The molecule has 1 amide bonds. The number of unbranched alkanes of at least 4 members (excludes halogenated alkanes) is 41. The van der Waals surface area contributed by atoms with E-state index in [0.29, 0.717) is 6.42 Å². The lowest BCUT2D eigenvalue weighted by molar-refractivity contribution is -0.303. The van der Waals surface area contributed by atoms with Crippen molar-refractivity contribution in [2.45, 2.75) is 352 Å². The number of hydrogen-bond donors (Lipinski definition) is 7. The summed E-state index contributed by atoms with van der Waals surface area (Å²) in [7, 11) is 0. The summed E-state index contributed by atoms with van der Waals surface area (Å²) in [4.78, 5) is 13.1. The first-order valence-electron chi connectivity index (χ1n) is 29.8. The van der Waals surface area contributed by atoms with Gasteiger partial charge in [0, 0.05) is 6.42 Å². The first-order valence-corrected chi connectivity index (χ1v) is 29.8. The number of carbonyl (C=O) groups excluding carboxylic acids is 1. The lowest BCUT2D eigenvalue weighted by Gasteiger charge is -2.40. The number of ether oxygens (including phenoxy) is 2. The highest BCUT2D eigenvalue weighted by Gasteiger charge is 2.44. The molecule has 0 aromatic rings. The van der Waals surface area contributed by atoms with E-state index in [-0.39, 0.29) is 18.9 Å². The second-order valence-corrected chi connectivity index (χ2v) is 21.3. The molecule has 0 spiro atoms. The SMILES string of the molecule is CCCCCCCCCCCCCCCCCCCCCCCCCCCCCCC(=O)N[C@@H](CO[C@@H]1O[C@H](CO)[C@H](O)C(O)C1O)[C@H](O)[C@H](O)CCCCCCCCCCCCCCCCC. The minimum absolute atomic E-state index is 0.250. The fraction of sp³-hybridized carbons (Fsp3) is 0.983. The fourth-order valence-corrected chi connectivity index (χ4v) is 10.0. The van der Waals surface area contributed by atoms with Crippen molar-refractivity contribution in [3.8, 4) is 0 Å². The van der Waals surface area contributed by atoms with E-state index in [0.717, 1.165) is 38.5 Å². The summed E-state index contributed by atoms with van der Waals surface area (Å²) in [6.45, 7) is 3.66. The topological polar surface area (TPSA) is 169 Å². The van der Waals surface area contributed by atoms with Gasteiger partial charge in [-0.2, -0.15) is 0 Å². The van der Waals surface area contributed by atoms with Crippen molar-refractivity contribution in [2.75, 3.05) is 13.2 Å². The van der Waals surface area contributed by atoms with Gasteiger partial charge in [-0.25, -0.2) is 0 Å². The Morgan fingerprint density at radius 2 is 0.765 bits per heavy atom. The average Bonchev–Trinajstić information content (AvgIpc) is 3.34. The maximum Gasteiger partial charge on any atom is 0.220 e. The number of hydrogen-bond acceptors (Lipinski definition) is 9. The number of carbonyl (C=O) groups is 1. The molecule has 1 aliphatic rings. The van der Waals surface area contributed by atoms with Gasteiger partial charge >= 0.3 is 0 Å². The molecule has 0 aliphatic carbocycles. The summed E-state index contributed by atoms with van der Waals surface area (Å²) in [6, 6.07) is -0.986. The molecule has 0 saturated carbocycles. The van der Waals surface area contributed by atoms with E-state index in [1.165, 1.54) is 238 Å². The summed E-state index contributed by atoms with van der Waals surface area (Å²) < 4.78 is 11.2. The summed E-state index contributed by atoms with van der Waals surface area (Å²) in [5, 5.41) is 65.5. The van der Waals surface area contributed by atoms with Crippen LogP contribution in [0.5, 0.6) is 0 Å². The van der Waals surface area contributed by atoms with Crippen LogP contribution in [0.25, 0.3) is 0 Å². The molecule has 1 saturated heterocycles. The Morgan fingerprint density at radius 3 is 1.09 bits per heavy atom. The van der Waals surface area contributed by atoms with E-state index in [4.69, 9.17) is 9.47 Å². The van der Waals surface area contributed by atoms with Crippen LogP contribution in [0, 0.1) is 0 Å². The maximum absolute atomic E-state index is 13.1. The second kappa shape index (κ2) is 48.4. The molecular weight excluding hydrogens is 855 g/mol. The molecule has 7 N–H and O–H groups in total. The Bertz CT molecular complexity index is 1050. The summed E-state index contributed by atoms with van der Waals surface area (Å²) in [5.41, 5.74) is 0. The maximum atomic E-state index is 13.1. The van der Waals surface area contributed by atoms with Crippen molar-refractivity contribution in [1.29, 1.82) is 0 Å². The van der Waals surface area contributed by atoms with Crippen LogP contribution in [-0.2, 0) is 14.3 Å². The van der Waals surface area contributed by atoms with Gasteiger partial charge in [-0.15, -0.1) is 0 Å². The van der Waals surface area contributed by atoms with E-state index in [1.807, 2.05) is 0 Å². The third kappa shape index (κ3) is 37.0. The standard InChI is InChI=1S/C58H115NO9/c1-3-5-7-9-11-13-15-17-19-20-21-22-23-24-25-26-27-28-29-30-31-33-35-37-39-41-43-45-47-53(62)59-50(49-67-58-57(66)56(65)55(64)52(48-60)68-58)54(63)51(61)46-44-42-40-38-36-34-32-18-16-14-12-10-8-6-4-2/h50-52,54-58,60-61,63-66H,3-49H2,1-2H3,(H,59,62)/t50-,51+,52+,54-,55-,56?,57?,58+/m0/s1. The van der Waals surface area contributed by atoms with E-state index >= 15 is 0 Å². The number of nitrogens with one attached hydrogen (secondary N) is 1. The first kappa shape index (κ1) is 65.2. The predicted octanol–water partition coefficient (Wildman–Crippen LogP) is 13.6. The third-order valence-electron chi connectivity index (χ3n) is 14.8. The van der Waals surface area contributed by atoms with Crippen molar-refractivity contribution in [2.24, 2.45) is 0 Å². The van der Waals surface area contributed by atoms with E-state index in [1.54, 1.807) is 0 Å². The third-order valence-corrected chi connectivity index (χ3v) is 14.8. The van der Waals surface area contributed by atoms with Crippen LogP contribution in [-0.4, -0.2) is 98.7 Å². The van der Waals surface area contributed by atoms with Gasteiger partial charge in [0.05, 0.1) is 25.4 Å². The molecule has 2 unspecified atom stereocenters. The number of amides is 1. The zero-order valence-electron chi connectivity index (χ0n) is 44.8. The van der Waals surface area contributed by atoms with Crippen LogP contribution < -0.4 is 5.32 Å². The molecule has 406 valence electrons. The predicted molar refractivity (Wildman–Crippen MR) is 283 cm³/mol. The van der Waals surface area contributed by atoms with E-state index in [9.17, 15) is 35.4 Å². The molecule has 10 nitrogen and oxygen atoms in total. The highest BCUT2D eigenvalue weighted by Crippen LogP contribution is 2.24. The Labute approximate surface area is 419 Å². The molecule has 10 heteroatoms. The number of aliphatic hydroxyl groups is 6. The molecular formula is C58H115NO9. The van der Waals surface area contributed by atoms with Gasteiger partial charge in [-0.3, -0.25) is 4.79 Å². The van der Waals surface area contributed by atoms with Crippen LogP contribution in [0.1, 0.15) is 303 Å². The number of aliphatic hydroxyl groups excluding tert-OH is 6. The summed E-state index contributed by atoms with van der Waals surface area (Å²) >= 11 is 0. The van der Waals surface area contributed by atoms with Crippen molar-refractivity contribution in [3.05, 3.63) is 0 Å². The zero-order chi connectivity index (χ0) is 49.6. The first-order chi connectivity index (χ1) is 33.3. The van der Waals surface area contributed by atoms with Gasteiger partial charge in [0.15, 0.2) is 6.29 Å². The molecule has 1 rings (SSSR count). The molecule has 0 radical (unpaired) electrons. The Kier molecular flexibility index (Phi) is 46.4. The van der Waals surface area contributed by atoms with Crippen molar-refractivity contribution in [3.63, 3.8) is 0 Å². The lowest BCUT2D eigenvalue weighted by atomic mass is 9.98. The molecule has 8 atom stereocenters. The van der Waals surface area contributed by atoms with Gasteiger partial charge in [-0.05, 0) is 12.8 Å². The van der Waals surface area contributed by atoms with Crippen LogP contribution in [0.3, 0.4) is 0 Å². The molecule has 1 heterocycles. The lowest BCUT2D eigenvalue weighted by Crippen LogP contribution is -2.60. The number of rotatable bonds is 52. The molecule has 0 bridgehead atoms. The molecule has 0 aromatic heterocycles. The quantitative estimate of drug-likeness (QED) is 0.0293. The Hall–Kier alpha value is -0.850. The Morgan fingerprint density at radius 1 is 0.456 bits per heavy atom. The van der Waals surface area contributed by atoms with E-state index < -0.39 is 55.6 Å². The van der Waals surface area contributed by atoms with Crippen molar-refractivity contribution < 1.29 is 44.9 Å². The van der Waals surface area contributed by atoms with Gasteiger partial charge < -0.3 is 45.4 Å². The van der Waals surface area contributed by atoms with Gasteiger partial charge in [0.2, 0.25) is 5.91 Å². The highest BCUT2D eigenvalue weighted by molar-refractivity contribution is 5.76. The minimum atomic E-state index is -1.60. The normalized spacial score (nSPS) is 19.9. The fourth-order valence-electron chi connectivity index (χ4n) is 10.0. The van der Waals surface area contributed by atoms with Crippen molar-refractivity contribution >= 4 is 5.91 Å². The van der Waals surface area contributed by atoms with Crippen LogP contribution in [0.15, 0.2) is 0 Å². The zero-order valence-corrected chi connectivity index (χ0v) is 44.8. The smallest absolute Gasteiger partial charge is 0.220 e. The van der Waals surface area contributed by atoms with Crippen molar-refractivity contribution in [1.82, 2.24) is 5.32 Å². The van der Waals surface area contributed by atoms with Crippen LogP contribution >= 0.6 is 0 Å².